The maximum Gasteiger partial charge on any atom is 0.323 e. The van der Waals surface area contributed by atoms with E-state index in [1.165, 1.54) is 0 Å². The Labute approximate surface area is 119 Å². The topological polar surface area (TPSA) is 122 Å². The number of hydrogen-bond donors (Lipinski definition) is 4. The van der Waals surface area contributed by atoms with E-state index in [2.05, 4.69) is 20.4 Å². The van der Waals surface area contributed by atoms with Crippen molar-refractivity contribution in [1.29, 1.82) is 0 Å². The van der Waals surface area contributed by atoms with E-state index in [1.807, 2.05) is 0 Å². The molecule has 21 heavy (non-hydrogen) atoms. The van der Waals surface area contributed by atoms with Gasteiger partial charge >= 0.3 is 5.69 Å². The summed E-state index contributed by atoms with van der Waals surface area (Å²) >= 11 is 0. The Hall–Kier alpha value is -2.87. The van der Waals surface area contributed by atoms with Crippen LogP contribution >= 0.6 is 0 Å². The molecule has 0 saturated carbocycles. The van der Waals surface area contributed by atoms with Crippen LogP contribution in [0.3, 0.4) is 0 Å². The molecule has 2 heterocycles. The normalized spacial score (nSPS) is 12.5. The number of aromatic amines is 2. The Morgan fingerprint density at radius 2 is 2.14 bits per heavy atom. The maximum atomic E-state index is 12.1. The SMILES string of the molecule is Cn1cc(C(N)C(=O)Nc2ccc3[nH]c(=O)[nH]c3c2)cn1. The van der Waals surface area contributed by atoms with Crippen molar-refractivity contribution in [3.63, 3.8) is 0 Å². The molecule has 1 atom stereocenters. The van der Waals surface area contributed by atoms with Crippen LogP contribution in [-0.4, -0.2) is 25.7 Å². The molecule has 0 spiro atoms. The number of fused-ring (bicyclic) bond motifs is 1. The van der Waals surface area contributed by atoms with Crippen molar-refractivity contribution in [3.05, 3.63) is 46.6 Å². The van der Waals surface area contributed by atoms with Gasteiger partial charge in [-0.15, -0.1) is 0 Å². The number of benzene rings is 1. The molecule has 8 heteroatoms. The van der Waals surface area contributed by atoms with Crippen molar-refractivity contribution in [2.75, 3.05) is 5.32 Å². The van der Waals surface area contributed by atoms with Gasteiger partial charge in [0.2, 0.25) is 5.91 Å². The van der Waals surface area contributed by atoms with Crippen LogP contribution in [0, 0.1) is 0 Å². The van der Waals surface area contributed by atoms with Crippen molar-refractivity contribution in [2.24, 2.45) is 12.8 Å². The minimum Gasteiger partial charge on any atom is -0.324 e. The zero-order valence-corrected chi connectivity index (χ0v) is 11.3. The summed E-state index contributed by atoms with van der Waals surface area (Å²) in [6.45, 7) is 0. The smallest absolute Gasteiger partial charge is 0.323 e. The van der Waals surface area contributed by atoms with Crippen molar-refractivity contribution < 1.29 is 4.79 Å². The summed E-state index contributed by atoms with van der Waals surface area (Å²) in [5.74, 6) is -0.347. The third-order valence-corrected chi connectivity index (χ3v) is 3.15. The minimum absolute atomic E-state index is 0.291. The molecule has 1 aromatic carbocycles. The lowest BCUT2D eigenvalue weighted by molar-refractivity contribution is -0.117. The monoisotopic (exact) mass is 286 g/mol. The predicted molar refractivity (Wildman–Crippen MR) is 77.7 cm³/mol. The fraction of sp³-hybridized carbons (Fsp3) is 0.154. The number of nitrogens with one attached hydrogen (secondary N) is 3. The van der Waals surface area contributed by atoms with Gasteiger partial charge in [-0.3, -0.25) is 9.48 Å². The predicted octanol–water partition coefficient (Wildman–Crippen LogP) is 0.228. The van der Waals surface area contributed by atoms with Gasteiger partial charge in [0.1, 0.15) is 6.04 Å². The molecule has 0 radical (unpaired) electrons. The van der Waals surface area contributed by atoms with Crippen molar-refractivity contribution in [2.45, 2.75) is 6.04 Å². The molecule has 0 aliphatic rings. The molecular formula is C13H14N6O2. The molecule has 1 amide bonds. The Bertz CT molecular complexity index is 859. The molecule has 3 aromatic rings. The van der Waals surface area contributed by atoms with E-state index in [0.29, 0.717) is 22.3 Å². The molecule has 1 unspecified atom stereocenters. The largest absolute Gasteiger partial charge is 0.324 e. The fourth-order valence-electron chi connectivity index (χ4n) is 2.08. The lowest BCUT2D eigenvalue weighted by atomic mass is 10.1. The zero-order valence-electron chi connectivity index (χ0n) is 11.3. The summed E-state index contributed by atoms with van der Waals surface area (Å²) in [7, 11) is 1.75. The van der Waals surface area contributed by atoms with E-state index in [0.717, 1.165) is 0 Å². The summed E-state index contributed by atoms with van der Waals surface area (Å²) in [5, 5.41) is 6.70. The lowest BCUT2D eigenvalue weighted by Gasteiger charge is -2.10. The van der Waals surface area contributed by atoms with Crippen LogP contribution in [0.2, 0.25) is 0 Å². The number of carbonyl (C=O) groups is 1. The first-order valence-corrected chi connectivity index (χ1v) is 6.30. The van der Waals surface area contributed by atoms with Crippen LogP contribution in [0.4, 0.5) is 5.69 Å². The average molecular weight is 286 g/mol. The number of nitrogens with zero attached hydrogens (tertiary/aromatic N) is 2. The summed E-state index contributed by atoms with van der Waals surface area (Å²) in [5.41, 5.74) is 8.08. The zero-order chi connectivity index (χ0) is 15.0. The number of anilines is 1. The van der Waals surface area contributed by atoms with Gasteiger partial charge in [-0.25, -0.2) is 4.79 Å². The molecule has 0 fully saturated rings. The number of imidazole rings is 1. The van der Waals surface area contributed by atoms with Crippen LogP contribution < -0.4 is 16.7 Å². The molecule has 3 rings (SSSR count). The second kappa shape index (κ2) is 4.91. The fourth-order valence-corrected chi connectivity index (χ4v) is 2.08. The molecule has 0 saturated heterocycles. The van der Waals surface area contributed by atoms with Gasteiger partial charge in [-0.2, -0.15) is 5.10 Å². The van der Waals surface area contributed by atoms with Crippen LogP contribution in [0.15, 0.2) is 35.4 Å². The molecular weight excluding hydrogens is 272 g/mol. The Morgan fingerprint density at radius 1 is 1.38 bits per heavy atom. The second-order valence-corrected chi connectivity index (χ2v) is 4.75. The van der Waals surface area contributed by atoms with E-state index in [1.54, 1.807) is 42.3 Å². The summed E-state index contributed by atoms with van der Waals surface area (Å²) in [4.78, 5) is 28.6. The number of hydrogen-bond acceptors (Lipinski definition) is 4. The van der Waals surface area contributed by atoms with Crippen LogP contribution in [-0.2, 0) is 11.8 Å². The molecule has 0 aliphatic heterocycles. The van der Waals surface area contributed by atoms with E-state index in [9.17, 15) is 9.59 Å². The maximum absolute atomic E-state index is 12.1. The van der Waals surface area contributed by atoms with Gasteiger partial charge < -0.3 is 21.0 Å². The van der Waals surface area contributed by atoms with Gasteiger partial charge in [0.05, 0.1) is 17.2 Å². The Kier molecular flexibility index (Phi) is 3.07. The Balaban J connectivity index is 1.80. The highest BCUT2D eigenvalue weighted by Gasteiger charge is 2.17. The summed E-state index contributed by atoms with van der Waals surface area (Å²) in [6.07, 6.45) is 3.24. The summed E-state index contributed by atoms with van der Waals surface area (Å²) in [6, 6.07) is 4.26. The highest BCUT2D eigenvalue weighted by molar-refractivity contribution is 5.96. The molecule has 8 nitrogen and oxygen atoms in total. The van der Waals surface area contributed by atoms with Crippen LogP contribution in [0.1, 0.15) is 11.6 Å². The molecule has 5 N–H and O–H groups in total. The number of nitrogens with two attached hydrogens (primary N) is 1. The van der Waals surface area contributed by atoms with Crippen molar-refractivity contribution in [1.82, 2.24) is 19.7 Å². The number of rotatable bonds is 3. The van der Waals surface area contributed by atoms with E-state index in [4.69, 9.17) is 5.73 Å². The van der Waals surface area contributed by atoms with Crippen molar-refractivity contribution >= 4 is 22.6 Å². The lowest BCUT2D eigenvalue weighted by Crippen LogP contribution is -2.27. The van der Waals surface area contributed by atoms with Gasteiger partial charge in [-0.05, 0) is 18.2 Å². The van der Waals surface area contributed by atoms with Gasteiger partial charge in [0.25, 0.3) is 0 Å². The van der Waals surface area contributed by atoms with Crippen molar-refractivity contribution in [3.8, 4) is 0 Å². The highest BCUT2D eigenvalue weighted by atomic mass is 16.2. The third-order valence-electron chi connectivity index (χ3n) is 3.15. The third kappa shape index (κ3) is 2.56. The highest BCUT2D eigenvalue weighted by Crippen LogP contribution is 2.17. The number of aryl methyl sites for hydroxylation is 1. The number of H-pyrrole nitrogens is 2. The number of carbonyl (C=O) groups excluding carboxylic acids is 1. The molecule has 2 aromatic heterocycles. The van der Waals surface area contributed by atoms with Gasteiger partial charge in [-0.1, -0.05) is 0 Å². The molecule has 0 bridgehead atoms. The number of amides is 1. The minimum atomic E-state index is -0.806. The van der Waals surface area contributed by atoms with E-state index < -0.39 is 6.04 Å². The van der Waals surface area contributed by atoms with E-state index in [-0.39, 0.29) is 11.6 Å². The van der Waals surface area contributed by atoms with Crippen LogP contribution in [0.5, 0.6) is 0 Å². The Morgan fingerprint density at radius 3 is 2.86 bits per heavy atom. The quantitative estimate of drug-likeness (QED) is 0.550. The average Bonchev–Trinajstić information content (AvgIpc) is 3.02. The first kappa shape index (κ1) is 13.1. The molecule has 108 valence electrons. The first-order chi connectivity index (χ1) is 10.0. The standard InChI is InChI=1S/C13H14N6O2/c1-19-6-7(5-15-19)11(14)12(20)16-8-2-3-9-10(4-8)18-13(21)17-9/h2-6,11H,14H2,1H3,(H,16,20)(H2,17,18,21). The van der Waals surface area contributed by atoms with Crippen LogP contribution in [0.25, 0.3) is 11.0 Å². The van der Waals surface area contributed by atoms with E-state index >= 15 is 0 Å². The van der Waals surface area contributed by atoms with Gasteiger partial charge in [0.15, 0.2) is 0 Å². The first-order valence-electron chi connectivity index (χ1n) is 6.30. The van der Waals surface area contributed by atoms with Gasteiger partial charge in [0, 0.05) is 24.5 Å². The molecule has 0 aliphatic carbocycles. The number of aromatic nitrogens is 4. The summed E-state index contributed by atoms with van der Waals surface area (Å²) < 4.78 is 1.58. The second-order valence-electron chi connectivity index (χ2n) is 4.75.